The van der Waals surface area contributed by atoms with E-state index in [1.54, 1.807) is 7.11 Å². The highest BCUT2D eigenvalue weighted by Crippen LogP contribution is 2.36. The van der Waals surface area contributed by atoms with E-state index >= 15 is 0 Å². The van der Waals surface area contributed by atoms with Crippen molar-refractivity contribution >= 4 is 15.9 Å². The Morgan fingerprint density at radius 1 is 1.38 bits per heavy atom. The van der Waals surface area contributed by atoms with E-state index in [4.69, 9.17) is 15.2 Å². The molecule has 3 nitrogen and oxygen atoms in total. The molecule has 0 spiro atoms. The van der Waals surface area contributed by atoms with E-state index in [1.807, 2.05) is 12.1 Å². The van der Waals surface area contributed by atoms with Crippen molar-refractivity contribution in [3.63, 3.8) is 0 Å². The zero-order valence-corrected chi connectivity index (χ0v) is 10.9. The van der Waals surface area contributed by atoms with Gasteiger partial charge in [0.25, 0.3) is 0 Å². The highest BCUT2D eigenvalue weighted by Gasteiger charge is 2.22. The van der Waals surface area contributed by atoms with Crippen molar-refractivity contribution in [3.05, 3.63) is 22.2 Å². The minimum atomic E-state index is 0.486. The molecule has 0 aromatic heterocycles. The van der Waals surface area contributed by atoms with Crippen LogP contribution in [-0.4, -0.2) is 13.7 Å². The van der Waals surface area contributed by atoms with Gasteiger partial charge >= 0.3 is 0 Å². The first kappa shape index (κ1) is 11.7. The number of hydrogen-bond acceptors (Lipinski definition) is 3. The van der Waals surface area contributed by atoms with Gasteiger partial charge in [0.15, 0.2) is 11.5 Å². The lowest BCUT2D eigenvalue weighted by Crippen LogP contribution is -2.03. The van der Waals surface area contributed by atoms with Gasteiger partial charge in [-0.1, -0.05) is 15.9 Å². The van der Waals surface area contributed by atoms with Gasteiger partial charge in [-0.3, -0.25) is 0 Å². The van der Waals surface area contributed by atoms with Crippen LogP contribution in [0.25, 0.3) is 0 Å². The highest BCUT2D eigenvalue weighted by atomic mass is 79.9. The molecule has 0 radical (unpaired) electrons. The van der Waals surface area contributed by atoms with Crippen molar-refractivity contribution in [3.8, 4) is 11.5 Å². The number of rotatable bonds is 5. The summed E-state index contributed by atoms with van der Waals surface area (Å²) >= 11 is 3.48. The standard InChI is InChI=1S/C12H16BrNO2/c1-15-11-4-9(6-14)10(13)5-12(11)16-7-8-2-3-8/h4-5,8H,2-3,6-7,14H2,1H3. The first-order chi connectivity index (χ1) is 7.74. The van der Waals surface area contributed by atoms with Crippen LogP contribution >= 0.6 is 15.9 Å². The highest BCUT2D eigenvalue weighted by molar-refractivity contribution is 9.10. The van der Waals surface area contributed by atoms with Gasteiger partial charge in [-0.05, 0) is 36.5 Å². The molecule has 1 aromatic carbocycles. The van der Waals surface area contributed by atoms with Gasteiger partial charge in [-0.15, -0.1) is 0 Å². The van der Waals surface area contributed by atoms with E-state index in [1.165, 1.54) is 12.8 Å². The number of ether oxygens (including phenoxy) is 2. The molecular formula is C12H16BrNO2. The zero-order valence-electron chi connectivity index (χ0n) is 9.33. The second-order valence-corrected chi connectivity index (χ2v) is 4.91. The number of halogens is 1. The lowest BCUT2D eigenvalue weighted by Gasteiger charge is -2.13. The molecule has 4 heteroatoms. The Balaban J connectivity index is 2.16. The molecule has 0 aliphatic heterocycles. The summed E-state index contributed by atoms with van der Waals surface area (Å²) in [4.78, 5) is 0. The average Bonchev–Trinajstić information content (AvgIpc) is 3.10. The third kappa shape index (κ3) is 2.68. The quantitative estimate of drug-likeness (QED) is 0.905. The molecule has 0 heterocycles. The molecular weight excluding hydrogens is 270 g/mol. The molecule has 2 N–H and O–H groups in total. The second-order valence-electron chi connectivity index (χ2n) is 4.05. The van der Waals surface area contributed by atoms with Gasteiger partial charge in [0.05, 0.1) is 13.7 Å². The Morgan fingerprint density at radius 2 is 2.12 bits per heavy atom. The van der Waals surface area contributed by atoms with Crippen molar-refractivity contribution < 1.29 is 9.47 Å². The lowest BCUT2D eigenvalue weighted by molar-refractivity contribution is 0.280. The largest absolute Gasteiger partial charge is 0.493 e. The van der Waals surface area contributed by atoms with Crippen LogP contribution in [0.2, 0.25) is 0 Å². The Bertz CT molecular complexity index is 378. The van der Waals surface area contributed by atoms with Crippen molar-refractivity contribution in [2.45, 2.75) is 19.4 Å². The maximum Gasteiger partial charge on any atom is 0.162 e. The number of hydrogen-bond donors (Lipinski definition) is 1. The summed E-state index contributed by atoms with van der Waals surface area (Å²) in [6, 6.07) is 3.86. The Kier molecular flexibility index (Phi) is 3.71. The SMILES string of the molecule is COc1cc(CN)c(Br)cc1OCC1CC1. The molecule has 0 atom stereocenters. The molecule has 0 bridgehead atoms. The molecule has 0 saturated heterocycles. The molecule has 1 fully saturated rings. The number of benzene rings is 1. The molecule has 1 aromatic rings. The maximum absolute atomic E-state index is 5.74. The summed E-state index contributed by atoms with van der Waals surface area (Å²) in [7, 11) is 1.65. The van der Waals surface area contributed by atoms with Crippen molar-refractivity contribution in [2.75, 3.05) is 13.7 Å². The molecule has 1 saturated carbocycles. The van der Waals surface area contributed by atoms with Crippen LogP contribution in [0.15, 0.2) is 16.6 Å². The summed E-state index contributed by atoms with van der Waals surface area (Å²) in [6.07, 6.45) is 2.56. The van der Waals surface area contributed by atoms with E-state index in [-0.39, 0.29) is 0 Å². The first-order valence-electron chi connectivity index (χ1n) is 5.44. The molecule has 0 unspecified atom stereocenters. The fraction of sp³-hybridized carbons (Fsp3) is 0.500. The molecule has 2 rings (SSSR count). The maximum atomic E-state index is 5.74. The monoisotopic (exact) mass is 285 g/mol. The minimum absolute atomic E-state index is 0.486. The Hall–Kier alpha value is -0.740. The minimum Gasteiger partial charge on any atom is -0.493 e. The summed E-state index contributed by atoms with van der Waals surface area (Å²) in [5.74, 6) is 2.28. The van der Waals surface area contributed by atoms with Crippen LogP contribution in [0.4, 0.5) is 0 Å². The average molecular weight is 286 g/mol. The molecule has 88 valence electrons. The van der Waals surface area contributed by atoms with Crippen LogP contribution in [-0.2, 0) is 6.54 Å². The number of methoxy groups -OCH3 is 1. The van der Waals surface area contributed by atoms with Crippen molar-refractivity contribution in [1.82, 2.24) is 0 Å². The zero-order chi connectivity index (χ0) is 11.5. The summed E-state index contributed by atoms with van der Waals surface area (Å²) in [5.41, 5.74) is 6.65. The summed E-state index contributed by atoms with van der Waals surface area (Å²) < 4.78 is 12.0. The first-order valence-corrected chi connectivity index (χ1v) is 6.23. The van der Waals surface area contributed by atoms with Gasteiger partial charge in [0.2, 0.25) is 0 Å². The molecule has 0 amide bonds. The van der Waals surface area contributed by atoms with E-state index in [0.717, 1.165) is 34.1 Å². The van der Waals surface area contributed by atoms with Crippen LogP contribution in [0.5, 0.6) is 11.5 Å². The van der Waals surface area contributed by atoms with Crippen molar-refractivity contribution in [2.24, 2.45) is 11.7 Å². The fourth-order valence-corrected chi connectivity index (χ4v) is 1.98. The van der Waals surface area contributed by atoms with Crippen LogP contribution in [0.1, 0.15) is 18.4 Å². The topological polar surface area (TPSA) is 44.5 Å². The third-order valence-electron chi connectivity index (χ3n) is 2.72. The normalized spacial score (nSPS) is 14.9. The van der Waals surface area contributed by atoms with Crippen LogP contribution in [0.3, 0.4) is 0 Å². The smallest absolute Gasteiger partial charge is 0.162 e. The second kappa shape index (κ2) is 5.06. The van der Waals surface area contributed by atoms with Gasteiger partial charge < -0.3 is 15.2 Å². The molecule has 1 aliphatic rings. The van der Waals surface area contributed by atoms with E-state index in [2.05, 4.69) is 15.9 Å². The molecule has 1 aliphatic carbocycles. The Morgan fingerprint density at radius 3 is 2.69 bits per heavy atom. The lowest BCUT2D eigenvalue weighted by atomic mass is 10.2. The van der Waals surface area contributed by atoms with Gasteiger partial charge in [0, 0.05) is 11.0 Å². The van der Waals surface area contributed by atoms with Crippen molar-refractivity contribution in [1.29, 1.82) is 0 Å². The fourth-order valence-electron chi connectivity index (χ4n) is 1.50. The Labute approximate surface area is 104 Å². The van der Waals surface area contributed by atoms with Crippen LogP contribution < -0.4 is 15.2 Å². The van der Waals surface area contributed by atoms with Gasteiger partial charge in [-0.2, -0.15) is 0 Å². The summed E-state index contributed by atoms with van der Waals surface area (Å²) in [5, 5.41) is 0. The van der Waals surface area contributed by atoms with E-state index < -0.39 is 0 Å². The van der Waals surface area contributed by atoms with Gasteiger partial charge in [-0.25, -0.2) is 0 Å². The van der Waals surface area contributed by atoms with Crippen LogP contribution in [0, 0.1) is 5.92 Å². The van der Waals surface area contributed by atoms with E-state index in [0.29, 0.717) is 6.54 Å². The predicted octanol–water partition coefficient (Wildman–Crippen LogP) is 2.71. The van der Waals surface area contributed by atoms with E-state index in [9.17, 15) is 0 Å². The predicted molar refractivity (Wildman–Crippen MR) is 66.8 cm³/mol. The van der Waals surface area contributed by atoms with Gasteiger partial charge in [0.1, 0.15) is 0 Å². The number of nitrogens with two attached hydrogens (primary N) is 1. The molecule has 16 heavy (non-hydrogen) atoms. The summed E-state index contributed by atoms with van der Waals surface area (Å²) in [6.45, 7) is 1.27. The third-order valence-corrected chi connectivity index (χ3v) is 3.46.